The van der Waals surface area contributed by atoms with E-state index in [1.807, 2.05) is 26.0 Å². The molecule has 0 bridgehead atoms. The quantitative estimate of drug-likeness (QED) is 0.370. The van der Waals surface area contributed by atoms with Gasteiger partial charge in [-0.15, -0.1) is 10.2 Å². The van der Waals surface area contributed by atoms with Crippen molar-refractivity contribution in [2.75, 3.05) is 0 Å². The average Bonchev–Trinajstić information content (AvgIpc) is 3.39. The van der Waals surface area contributed by atoms with Crippen LogP contribution in [0, 0.1) is 56.2 Å². The summed E-state index contributed by atoms with van der Waals surface area (Å²) in [6.45, 7) is 19.8. The summed E-state index contributed by atoms with van der Waals surface area (Å²) in [5.74, 6) is 1.75. The van der Waals surface area contributed by atoms with Crippen molar-refractivity contribution in [3.05, 3.63) is 35.1 Å². The maximum atomic E-state index is 14.7. The number of allylic oxidation sites excluding steroid dienone is 4. The van der Waals surface area contributed by atoms with E-state index in [4.69, 9.17) is 4.42 Å². The summed E-state index contributed by atoms with van der Waals surface area (Å²) in [6, 6.07) is 2.21. The monoisotopic (exact) mass is 557 g/mol. The molecule has 6 rings (SSSR count). The van der Waals surface area contributed by atoms with Crippen molar-refractivity contribution in [2.24, 2.45) is 44.8 Å². The van der Waals surface area contributed by atoms with Gasteiger partial charge in [-0.25, -0.2) is 0 Å². The zero-order valence-electron chi connectivity index (χ0n) is 26.5. The Morgan fingerprint density at radius 1 is 0.976 bits per heavy atom. The van der Waals surface area contributed by atoms with Gasteiger partial charge in [-0.05, 0) is 79.1 Å². The van der Waals surface area contributed by atoms with E-state index in [-0.39, 0.29) is 62.5 Å². The molecule has 5 aliphatic carbocycles. The van der Waals surface area contributed by atoms with Crippen molar-refractivity contribution in [1.29, 1.82) is 5.26 Å². The number of rotatable bonds is 2. The van der Waals surface area contributed by atoms with Gasteiger partial charge in [-0.3, -0.25) is 9.59 Å². The number of carbonyl (C=O) groups is 2. The Balaban J connectivity index is 1.52. The molecule has 0 radical (unpaired) electrons. The third-order valence-corrected chi connectivity index (χ3v) is 13.2. The third kappa shape index (κ3) is 3.53. The van der Waals surface area contributed by atoms with Crippen LogP contribution in [0.2, 0.25) is 0 Å². The van der Waals surface area contributed by atoms with Crippen LogP contribution in [0.25, 0.3) is 0 Å². The first kappa shape index (κ1) is 28.6. The minimum Gasteiger partial charge on any atom is -0.424 e. The number of Topliss-reactive ketones (excluding diaryl/α,β-unsaturated/α-hetero) is 1. The molecule has 7 atom stereocenters. The Morgan fingerprint density at radius 2 is 1.66 bits per heavy atom. The fourth-order valence-electron chi connectivity index (χ4n) is 10.7. The molecule has 1 heterocycles. The maximum absolute atomic E-state index is 14.7. The van der Waals surface area contributed by atoms with Crippen LogP contribution in [0.4, 0.5) is 0 Å². The van der Waals surface area contributed by atoms with E-state index in [1.54, 1.807) is 0 Å². The molecular weight excluding hydrogens is 510 g/mol. The molecule has 6 nitrogen and oxygen atoms in total. The Bertz CT molecular complexity index is 1440. The largest absolute Gasteiger partial charge is 0.424 e. The average molecular weight is 558 g/mol. The minimum atomic E-state index is -0.654. The molecule has 3 saturated carbocycles. The van der Waals surface area contributed by atoms with Crippen LogP contribution in [0.5, 0.6) is 0 Å². The summed E-state index contributed by atoms with van der Waals surface area (Å²) in [6.07, 6.45) is 10.6. The molecule has 0 aliphatic heterocycles. The van der Waals surface area contributed by atoms with E-state index in [9.17, 15) is 14.9 Å². The van der Waals surface area contributed by atoms with Crippen LogP contribution in [-0.2, 0) is 15.0 Å². The molecule has 0 aromatic carbocycles. The maximum Gasteiger partial charge on any atom is 0.222 e. The lowest BCUT2D eigenvalue weighted by molar-refractivity contribution is -0.161. The predicted octanol–water partition coefficient (Wildman–Crippen LogP) is 7.66. The lowest BCUT2D eigenvalue weighted by atomic mass is 9.34. The zero-order valence-corrected chi connectivity index (χ0v) is 26.5. The Labute approximate surface area is 245 Å². The molecule has 41 heavy (non-hydrogen) atoms. The van der Waals surface area contributed by atoms with Gasteiger partial charge in [0, 0.05) is 22.7 Å². The number of carbonyl (C=O) groups excluding carboxylic acids is 2. The second-order valence-corrected chi connectivity index (χ2v) is 16.5. The molecule has 5 aliphatic rings. The second-order valence-electron chi connectivity index (χ2n) is 16.5. The normalized spacial score (nSPS) is 42.7. The highest BCUT2D eigenvalue weighted by Crippen LogP contribution is 2.74. The van der Waals surface area contributed by atoms with Crippen LogP contribution in [0.1, 0.15) is 125 Å². The van der Waals surface area contributed by atoms with Gasteiger partial charge in [0.05, 0.1) is 11.0 Å². The van der Waals surface area contributed by atoms with Crippen molar-refractivity contribution in [1.82, 2.24) is 10.2 Å². The van der Waals surface area contributed by atoms with Crippen LogP contribution in [0.15, 0.2) is 27.7 Å². The van der Waals surface area contributed by atoms with E-state index in [2.05, 4.69) is 64.7 Å². The number of aromatic nitrogens is 2. The first-order valence-corrected chi connectivity index (χ1v) is 15.7. The summed E-state index contributed by atoms with van der Waals surface area (Å²) < 4.78 is 6.42. The number of ketones is 2. The molecule has 1 aromatic rings. The molecule has 220 valence electrons. The van der Waals surface area contributed by atoms with Gasteiger partial charge >= 0.3 is 0 Å². The minimum absolute atomic E-state index is 0.0519. The highest BCUT2D eigenvalue weighted by atomic mass is 16.4. The fourth-order valence-corrected chi connectivity index (χ4v) is 10.7. The third-order valence-electron chi connectivity index (χ3n) is 13.2. The van der Waals surface area contributed by atoms with E-state index in [1.165, 1.54) is 0 Å². The Kier molecular flexibility index (Phi) is 5.93. The van der Waals surface area contributed by atoms with Crippen LogP contribution < -0.4 is 0 Å². The Morgan fingerprint density at radius 3 is 2.29 bits per heavy atom. The van der Waals surface area contributed by atoms with E-state index in [0.29, 0.717) is 5.89 Å². The van der Waals surface area contributed by atoms with E-state index < -0.39 is 10.8 Å². The smallest absolute Gasteiger partial charge is 0.222 e. The lowest BCUT2D eigenvalue weighted by Gasteiger charge is -2.68. The van der Waals surface area contributed by atoms with Crippen LogP contribution in [-0.4, -0.2) is 21.8 Å². The van der Waals surface area contributed by atoms with E-state index in [0.717, 1.165) is 56.4 Å². The molecule has 3 fully saturated rings. The van der Waals surface area contributed by atoms with Crippen molar-refractivity contribution in [3.63, 3.8) is 0 Å². The molecule has 0 unspecified atom stereocenters. The van der Waals surface area contributed by atoms with Crippen molar-refractivity contribution < 1.29 is 14.0 Å². The van der Waals surface area contributed by atoms with Gasteiger partial charge in [0.25, 0.3) is 0 Å². The second kappa shape index (κ2) is 8.51. The van der Waals surface area contributed by atoms with Crippen LogP contribution in [0.3, 0.4) is 0 Å². The highest BCUT2D eigenvalue weighted by Gasteiger charge is 2.70. The van der Waals surface area contributed by atoms with Crippen molar-refractivity contribution >= 4 is 11.6 Å². The topological polar surface area (TPSA) is 96.9 Å². The summed E-state index contributed by atoms with van der Waals surface area (Å²) >= 11 is 0. The molecular formula is C35H47N3O3. The standard InChI is InChI=1S/C35H47N3O3/c1-20(2)28-37-38-29(41-28)35-14-12-30(3,4)18-22(35)26-23(39)16-25-32(7)17-21(19-36)27(40)31(5,6)24(32)10-11-33(25,8)34(26,9)13-15-35/h16-17,20,22,24,26H,10-15,18H2,1-9H3/t22-,24-,26-,32-,33+,34+,35-/m0/s1. The number of nitrogens with zero attached hydrogens (tertiary/aromatic N) is 3. The Hall–Kier alpha value is -2.55. The van der Waals surface area contributed by atoms with Gasteiger partial charge < -0.3 is 4.42 Å². The zero-order chi connectivity index (χ0) is 30.0. The van der Waals surface area contributed by atoms with Gasteiger partial charge in [0.1, 0.15) is 6.07 Å². The first-order chi connectivity index (χ1) is 19.0. The molecule has 0 saturated heterocycles. The molecule has 0 amide bonds. The fraction of sp³-hybridized carbons (Fsp3) is 0.743. The van der Waals surface area contributed by atoms with Crippen molar-refractivity contribution in [2.45, 2.75) is 119 Å². The summed E-state index contributed by atoms with van der Waals surface area (Å²) in [7, 11) is 0. The summed E-state index contributed by atoms with van der Waals surface area (Å²) in [4.78, 5) is 28.0. The number of nitriles is 1. The number of hydrogen-bond acceptors (Lipinski definition) is 6. The SMILES string of the molecule is CC(C)c1nnc([C@]23CCC(C)(C)C[C@H]2[C@H]2C(=O)C=C4[C@@]5(C)C=C(C#N)C(=O)C(C)(C)[C@@H]5CC[C@@]4(C)[C@]2(C)CC3)o1. The summed E-state index contributed by atoms with van der Waals surface area (Å²) in [5, 5.41) is 19.1. The predicted molar refractivity (Wildman–Crippen MR) is 157 cm³/mol. The molecule has 0 N–H and O–H groups in total. The van der Waals surface area contributed by atoms with Gasteiger partial charge in [-0.2, -0.15) is 5.26 Å². The molecule has 0 spiro atoms. The lowest BCUT2D eigenvalue weighted by Crippen LogP contribution is -2.65. The van der Waals surface area contributed by atoms with Crippen LogP contribution >= 0.6 is 0 Å². The number of fused-ring (bicyclic) bond motifs is 7. The molecule has 1 aromatic heterocycles. The van der Waals surface area contributed by atoms with Gasteiger partial charge in [-0.1, -0.05) is 74.0 Å². The van der Waals surface area contributed by atoms with Gasteiger partial charge in [0.15, 0.2) is 11.6 Å². The molecule has 6 heteroatoms. The summed E-state index contributed by atoms with van der Waals surface area (Å²) in [5.41, 5.74) is -0.427. The number of hydrogen-bond donors (Lipinski definition) is 0. The van der Waals surface area contributed by atoms with Crippen molar-refractivity contribution in [3.8, 4) is 6.07 Å². The van der Waals surface area contributed by atoms with E-state index >= 15 is 0 Å². The van der Waals surface area contributed by atoms with Gasteiger partial charge in [0.2, 0.25) is 11.8 Å². The first-order valence-electron chi connectivity index (χ1n) is 15.7. The highest BCUT2D eigenvalue weighted by molar-refractivity contribution is 6.04.